The van der Waals surface area contributed by atoms with Crippen LogP contribution in [0.2, 0.25) is 0 Å². The van der Waals surface area contributed by atoms with E-state index in [-0.39, 0.29) is 17.9 Å². The summed E-state index contributed by atoms with van der Waals surface area (Å²) in [4.78, 5) is 13.7. The number of hydrogen-bond acceptors (Lipinski definition) is 2. The summed E-state index contributed by atoms with van der Waals surface area (Å²) >= 11 is 0. The summed E-state index contributed by atoms with van der Waals surface area (Å²) in [6, 6.07) is 5.30. The summed E-state index contributed by atoms with van der Waals surface area (Å²) in [5, 5.41) is 2.79. The molecule has 1 N–H and O–H groups in total. The molecule has 6 heteroatoms. The van der Waals surface area contributed by atoms with Crippen LogP contribution in [0.15, 0.2) is 24.3 Å². The third-order valence-electron chi connectivity index (χ3n) is 4.35. The van der Waals surface area contributed by atoms with Crippen LogP contribution < -0.4 is 5.32 Å². The van der Waals surface area contributed by atoms with Crippen LogP contribution in [0.3, 0.4) is 0 Å². The second-order valence-electron chi connectivity index (χ2n) is 6.03. The number of piperidine rings is 1. The topological polar surface area (TPSA) is 32.3 Å². The molecule has 0 spiro atoms. The Kier molecular flexibility index (Phi) is 5.89. The van der Waals surface area contributed by atoms with E-state index in [1.807, 2.05) is 7.05 Å². The molecule has 1 aromatic rings. The fourth-order valence-electron chi connectivity index (χ4n) is 3.25. The quantitative estimate of drug-likeness (QED) is 0.858. The lowest BCUT2D eigenvalue weighted by Crippen LogP contribution is -2.41. The molecule has 3 nitrogen and oxygen atoms in total. The highest BCUT2D eigenvalue weighted by Crippen LogP contribution is 2.36. The van der Waals surface area contributed by atoms with Gasteiger partial charge in [-0.3, -0.25) is 9.69 Å². The van der Waals surface area contributed by atoms with Crippen molar-refractivity contribution in [3.05, 3.63) is 35.4 Å². The summed E-state index contributed by atoms with van der Waals surface area (Å²) in [5.74, 6) is 4.80. The molecule has 1 aromatic carbocycles. The van der Waals surface area contributed by atoms with Crippen LogP contribution in [-0.4, -0.2) is 30.9 Å². The third-order valence-corrected chi connectivity index (χ3v) is 4.35. The Morgan fingerprint density at radius 1 is 1.33 bits per heavy atom. The van der Waals surface area contributed by atoms with Gasteiger partial charge >= 0.3 is 6.18 Å². The van der Waals surface area contributed by atoms with Gasteiger partial charge in [0.05, 0.1) is 5.56 Å². The Labute approximate surface area is 140 Å². The van der Waals surface area contributed by atoms with Crippen molar-refractivity contribution in [3.8, 4) is 11.8 Å². The molecule has 130 valence electrons. The lowest BCUT2D eigenvalue weighted by Gasteiger charge is -2.39. The molecule has 0 aromatic heterocycles. The smallest absolute Gasteiger partial charge is 0.345 e. The Morgan fingerprint density at radius 3 is 2.58 bits per heavy atom. The normalized spacial score (nSPS) is 21.7. The van der Waals surface area contributed by atoms with Gasteiger partial charge in [0.2, 0.25) is 0 Å². The molecule has 2 rings (SSSR count). The van der Waals surface area contributed by atoms with E-state index in [9.17, 15) is 18.0 Å². The van der Waals surface area contributed by atoms with Crippen LogP contribution in [-0.2, 0) is 11.0 Å². The van der Waals surface area contributed by atoms with Gasteiger partial charge in [-0.05, 0) is 62.9 Å². The standard InChI is InChI=1S/C18H21F3N2O/c1-3-5-16(24)22-12-14-6-4-11-23(2)17(14)13-7-9-15(10-8-13)18(19,20)21/h7-10,14,17H,4,6,11-12H2,1-2H3,(H,22,24)/t14-,17+/m0/s1. The van der Waals surface area contributed by atoms with Gasteiger partial charge in [0, 0.05) is 12.6 Å². The van der Waals surface area contributed by atoms with Crippen LogP contribution >= 0.6 is 0 Å². The van der Waals surface area contributed by atoms with E-state index in [1.54, 1.807) is 6.92 Å². The Hall–Kier alpha value is -2.00. The van der Waals surface area contributed by atoms with Gasteiger partial charge in [-0.1, -0.05) is 18.1 Å². The summed E-state index contributed by atoms with van der Waals surface area (Å²) in [5.41, 5.74) is 0.193. The summed E-state index contributed by atoms with van der Waals surface area (Å²) < 4.78 is 38.2. The van der Waals surface area contributed by atoms with Crippen molar-refractivity contribution in [1.29, 1.82) is 0 Å². The van der Waals surface area contributed by atoms with Gasteiger partial charge in [0.25, 0.3) is 5.91 Å². The molecule has 24 heavy (non-hydrogen) atoms. The predicted octanol–water partition coefficient (Wildman–Crippen LogP) is 3.23. The van der Waals surface area contributed by atoms with E-state index in [1.165, 1.54) is 12.1 Å². The summed E-state index contributed by atoms with van der Waals surface area (Å²) in [6.07, 6.45) is -2.42. The number of carbonyl (C=O) groups excluding carboxylic acids is 1. The highest BCUT2D eigenvalue weighted by molar-refractivity contribution is 5.93. The lowest BCUT2D eigenvalue weighted by molar-refractivity contribution is -0.137. The highest BCUT2D eigenvalue weighted by Gasteiger charge is 2.33. The number of hydrogen-bond donors (Lipinski definition) is 1. The van der Waals surface area contributed by atoms with E-state index in [2.05, 4.69) is 22.1 Å². The number of nitrogens with one attached hydrogen (secondary N) is 1. The van der Waals surface area contributed by atoms with Gasteiger partial charge in [-0.15, -0.1) is 0 Å². The number of rotatable bonds is 3. The van der Waals surface area contributed by atoms with Crippen molar-refractivity contribution in [1.82, 2.24) is 10.2 Å². The molecule has 2 atom stereocenters. The molecule has 0 aliphatic carbocycles. The number of amides is 1. The lowest BCUT2D eigenvalue weighted by atomic mass is 9.84. The van der Waals surface area contributed by atoms with Gasteiger partial charge in [-0.25, -0.2) is 0 Å². The minimum atomic E-state index is -4.33. The molecule has 1 fully saturated rings. The first-order valence-corrected chi connectivity index (χ1v) is 7.91. The van der Waals surface area contributed by atoms with Crippen molar-refractivity contribution in [2.75, 3.05) is 20.1 Å². The van der Waals surface area contributed by atoms with Crippen LogP contribution in [0.4, 0.5) is 13.2 Å². The molecule has 1 saturated heterocycles. The van der Waals surface area contributed by atoms with E-state index < -0.39 is 11.7 Å². The zero-order valence-corrected chi connectivity index (χ0v) is 13.8. The van der Waals surface area contributed by atoms with Crippen LogP contribution in [0.5, 0.6) is 0 Å². The van der Waals surface area contributed by atoms with Crippen LogP contribution in [0.25, 0.3) is 0 Å². The van der Waals surface area contributed by atoms with Crippen molar-refractivity contribution >= 4 is 5.91 Å². The molecule has 1 amide bonds. The molecule has 1 aliphatic rings. The molecular formula is C18H21F3N2O. The molecule has 0 bridgehead atoms. The molecule has 1 heterocycles. The zero-order chi connectivity index (χ0) is 17.7. The van der Waals surface area contributed by atoms with E-state index in [0.717, 1.165) is 37.1 Å². The van der Waals surface area contributed by atoms with Crippen molar-refractivity contribution < 1.29 is 18.0 Å². The first-order chi connectivity index (χ1) is 11.3. The van der Waals surface area contributed by atoms with Gasteiger partial charge < -0.3 is 5.32 Å². The summed E-state index contributed by atoms with van der Waals surface area (Å²) in [7, 11) is 1.96. The minimum absolute atomic E-state index is 0.0177. The molecule has 1 aliphatic heterocycles. The second kappa shape index (κ2) is 7.71. The molecule has 0 unspecified atom stereocenters. The fraction of sp³-hybridized carbons (Fsp3) is 0.500. The van der Waals surface area contributed by atoms with Crippen LogP contribution in [0.1, 0.15) is 36.9 Å². The largest absolute Gasteiger partial charge is 0.416 e. The first-order valence-electron chi connectivity index (χ1n) is 7.91. The monoisotopic (exact) mass is 338 g/mol. The van der Waals surface area contributed by atoms with Gasteiger partial charge in [0.1, 0.15) is 0 Å². The van der Waals surface area contributed by atoms with Gasteiger partial charge in [0.15, 0.2) is 0 Å². The maximum Gasteiger partial charge on any atom is 0.416 e. The van der Waals surface area contributed by atoms with Gasteiger partial charge in [-0.2, -0.15) is 13.2 Å². The van der Waals surface area contributed by atoms with Crippen molar-refractivity contribution in [3.63, 3.8) is 0 Å². The first kappa shape index (κ1) is 18.3. The molecular weight excluding hydrogens is 317 g/mol. The van der Waals surface area contributed by atoms with Crippen molar-refractivity contribution in [2.45, 2.75) is 32.0 Å². The maximum absolute atomic E-state index is 12.7. The van der Waals surface area contributed by atoms with Crippen molar-refractivity contribution in [2.24, 2.45) is 5.92 Å². The molecule has 0 saturated carbocycles. The Bertz CT molecular complexity index is 628. The number of alkyl halides is 3. The number of benzene rings is 1. The molecule has 0 radical (unpaired) electrons. The number of carbonyl (C=O) groups is 1. The minimum Gasteiger partial charge on any atom is -0.345 e. The van der Waals surface area contributed by atoms with E-state index in [0.29, 0.717) is 6.54 Å². The average molecular weight is 338 g/mol. The number of likely N-dealkylation sites (tertiary alicyclic amines) is 1. The SMILES string of the molecule is CC#CC(=O)NC[C@@H]1CCCN(C)[C@@H]1c1ccc(C(F)(F)F)cc1. The maximum atomic E-state index is 12.7. The predicted molar refractivity (Wildman–Crippen MR) is 86.0 cm³/mol. The Balaban J connectivity index is 2.16. The fourth-order valence-corrected chi connectivity index (χ4v) is 3.25. The van der Waals surface area contributed by atoms with E-state index in [4.69, 9.17) is 0 Å². The highest BCUT2D eigenvalue weighted by atomic mass is 19.4. The second-order valence-corrected chi connectivity index (χ2v) is 6.03. The Morgan fingerprint density at radius 2 is 2.00 bits per heavy atom. The van der Waals surface area contributed by atoms with E-state index >= 15 is 0 Å². The number of nitrogens with zero attached hydrogens (tertiary/aromatic N) is 1. The van der Waals surface area contributed by atoms with Crippen LogP contribution in [0, 0.1) is 17.8 Å². The zero-order valence-electron chi connectivity index (χ0n) is 13.8. The number of halogens is 3. The summed E-state index contributed by atoms with van der Waals surface area (Å²) in [6.45, 7) is 2.94. The average Bonchev–Trinajstić information content (AvgIpc) is 2.52. The third kappa shape index (κ3) is 4.51.